The second kappa shape index (κ2) is 4.93. The fourth-order valence-corrected chi connectivity index (χ4v) is 0.955. The van der Waals surface area contributed by atoms with Crippen LogP contribution >= 0.6 is 0 Å². The summed E-state index contributed by atoms with van der Waals surface area (Å²) < 4.78 is 35.1. The van der Waals surface area contributed by atoms with Crippen LogP contribution in [0, 0.1) is 6.92 Å². The first-order chi connectivity index (χ1) is 7.40. The van der Waals surface area contributed by atoms with Crippen molar-refractivity contribution in [3.8, 4) is 0 Å². The highest BCUT2D eigenvalue weighted by atomic mass is 19.4. The smallest absolute Gasteiger partial charge is 0.265 e. The maximum absolute atomic E-state index is 11.7. The number of amides is 1. The van der Waals surface area contributed by atoms with Crippen molar-refractivity contribution in [1.82, 2.24) is 10.5 Å². The first kappa shape index (κ1) is 12.4. The maximum Gasteiger partial charge on any atom is 0.414 e. The van der Waals surface area contributed by atoms with E-state index in [-0.39, 0.29) is 5.69 Å². The van der Waals surface area contributed by atoms with Crippen LogP contribution in [0.2, 0.25) is 0 Å². The minimum Gasteiger partial charge on any atom is -0.265 e. The van der Waals surface area contributed by atoms with Gasteiger partial charge in [0.2, 0.25) is 0 Å². The highest BCUT2D eigenvalue weighted by Gasteiger charge is 2.28. The van der Waals surface area contributed by atoms with Crippen LogP contribution in [-0.2, 0) is 4.84 Å². The molecule has 4 nitrogen and oxygen atoms in total. The Morgan fingerprint density at radius 2 is 2.25 bits per heavy atom. The van der Waals surface area contributed by atoms with Gasteiger partial charge in [-0.15, -0.1) is 0 Å². The van der Waals surface area contributed by atoms with E-state index in [4.69, 9.17) is 0 Å². The quantitative estimate of drug-likeness (QED) is 0.808. The van der Waals surface area contributed by atoms with Crippen molar-refractivity contribution in [2.24, 2.45) is 0 Å². The topological polar surface area (TPSA) is 51.2 Å². The van der Waals surface area contributed by atoms with E-state index < -0.39 is 18.7 Å². The molecule has 0 atom stereocenters. The molecule has 0 saturated carbocycles. The Labute approximate surface area is 89.4 Å². The molecular weight excluding hydrogens is 225 g/mol. The number of aromatic nitrogens is 1. The zero-order chi connectivity index (χ0) is 12.2. The summed E-state index contributed by atoms with van der Waals surface area (Å²) in [7, 11) is 0. The van der Waals surface area contributed by atoms with Crippen molar-refractivity contribution in [3.05, 3.63) is 29.6 Å². The molecule has 0 aliphatic carbocycles. The van der Waals surface area contributed by atoms with Gasteiger partial charge in [-0.3, -0.25) is 14.6 Å². The molecule has 0 aliphatic rings. The van der Waals surface area contributed by atoms with Crippen LogP contribution in [0.5, 0.6) is 0 Å². The molecule has 1 aromatic heterocycles. The van der Waals surface area contributed by atoms with Crippen molar-refractivity contribution < 1.29 is 22.8 Å². The van der Waals surface area contributed by atoms with Gasteiger partial charge in [-0.05, 0) is 18.6 Å². The van der Waals surface area contributed by atoms with Crippen LogP contribution in [0.4, 0.5) is 13.2 Å². The summed E-state index contributed by atoms with van der Waals surface area (Å²) in [5, 5.41) is 0. The minimum absolute atomic E-state index is 0.0321. The van der Waals surface area contributed by atoms with Gasteiger partial charge in [0.15, 0.2) is 6.61 Å². The summed E-state index contributed by atoms with van der Waals surface area (Å²) in [5.74, 6) is -0.803. The van der Waals surface area contributed by atoms with Crippen molar-refractivity contribution >= 4 is 5.91 Å². The lowest BCUT2D eigenvalue weighted by Gasteiger charge is -2.08. The van der Waals surface area contributed by atoms with Crippen LogP contribution in [-0.4, -0.2) is 23.7 Å². The number of hydrogen-bond donors (Lipinski definition) is 1. The average Bonchev–Trinajstić information content (AvgIpc) is 2.16. The lowest BCUT2D eigenvalue weighted by Crippen LogP contribution is -2.30. The molecule has 0 fully saturated rings. The Kier molecular flexibility index (Phi) is 3.83. The number of alkyl halides is 3. The number of nitrogens with zero attached hydrogens (tertiary/aromatic N) is 1. The van der Waals surface area contributed by atoms with Crippen molar-refractivity contribution in [2.75, 3.05) is 6.61 Å². The standard InChI is InChI=1S/C9H9F3N2O2/c1-6-3-2-4-13-7(6)8(15)14-16-5-9(10,11)12/h2-4H,5H2,1H3,(H,14,15). The molecule has 1 N–H and O–H groups in total. The molecule has 1 aromatic rings. The highest BCUT2D eigenvalue weighted by Crippen LogP contribution is 2.13. The second-order valence-electron chi connectivity index (χ2n) is 3.00. The number of nitrogens with one attached hydrogen (secondary N) is 1. The van der Waals surface area contributed by atoms with E-state index in [1.165, 1.54) is 6.20 Å². The van der Waals surface area contributed by atoms with E-state index in [1.807, 2.05) is 0 Å². The summed E-state index contributed by atoms with van der Waals surface area (Å²) in [5.41, 5.74) is 2.26. The van der Waals surface area contributed by atoms with E-state index in [0.29, 0.717) is 5.56 Å². The Morgan fingerprint density at radius 3 is 2.81 bits per heavy atom. The maximum atomic E-state index is 11.7. The van der Waals surface area contributed by atoms with E-state index >= 15 is 0 Å². The van der Waals surface area contributed by atoms with E-state index in [1.54, 1.807) is 24.5 Å². The zero-order valence-corrected chi connectivity index (χ0v) is 8.34. The van der Waals surface area contributed by atoms with Gasteiger partial charge in [-0.1, -0.05) is 6.07 Å². The molecule has 16 heavy (non-hydrogen) atoms. The second-order valence-corrected chi connectivity index (χ2v) is 3.00. The number of rotatable bonds is 3. The Bertz CT molecular complexity index is 379. The molecule has 0 bridgehead atoms. The van der Waals surface area contributed by atoms with Gasteiger partial charge in [-0.25, -0.2) is 5.48 Å². The molecule has 1 amide bonds. The largest absolute Gasteiger partial charge is 0.414 e. The Balaban J connectivity index is 2.51. The molecule has 1 rings (SSSR count). The van der Waals surface area contributed by atoms with Gasteiger partial charge in [0.05, 0.1) is 0 Å². The number of hydrogen-bond acceptors (Lipinski definition) is 3. The van der Waals surface area contributed by atoms with Gasteiger partial charge >= 0.3 is 6.18 Å². The number of aryl methyl sites for hydroxylation is 1. The zero-order valence-electron chi connectivity index (χ0n) is 8.34. The van der Waals surface area contributed by atoms with E-state index in [2.05, 4.69) is 9.82 Å². The number of pyridine rings is 1. The van der Waals surface area contributed by atoms with Crippen LogP contribution in [0.3, 0.4) is 0 Å². The highest BCUT2D eigenvalue weighted by molar-refractivity contribution is 5.92. The SMILES string of the molecule is Cc1cccnc1C(=O)NOCC(F)(F)F. The third-order valence-corrected chi connectivity index (χ3v) is 1.63. The van der Waals surface area contributed by atoms with Gasteiger partial charge in [-0.2, -0.15) is 13.2 Å². The summed E-state index contributed by atoms with van der Waals surface area (Å²) in [6, 6.07) is 3.23. The molecule has 7 heteroatoms. The third-order valence-electron chi connectivity index (χ3n) is 1.63. The predicted molar refractivity (Wildman–Crippen MR) is 48.4 cm³/mol. The van der Waals surface area contributed by atoms with E-state index in [0.717, 1.165) is 0 Å². The molecule has 1 heterocycles. The first-order valence-corrected chi connectivity index (χ1v) is 4.30. The molecule has 0 spiro atoms. The van der Waals surface area contributed by atoms with Crippen LogP contribution in [0.25, 0.3) is 0 Å². The lowest BCUT2D eigenvalue weighted by atomic mass is 10.2. The molecule has 0 aliphatic heterocycles. The molecule has 0 saturated heterocycles. The van der Waals surface area contributed by atoms with Gasteiger partial charge < -0.3 is 0 Å². The van der Waals surface area contributed by atoms with Gasteiger partial charge in [0.25, 0.3) is 5.91 Å². The summed E-state index contributed by atoms with van der Waals surface area (Å²) in [6.07, 6.45) is -3.11. The lowest BCUT2D eigenvalue weighted by molar-refractivity contribution is -0.184. The number of halogens is 3. The Hall–Kier alpha value is -1.63. The van der Waals surface area contributed by atoms with Crippen LogP contribution in [0.1, 0.15) is 16.1 Å². The van der Waals surface area contributed by atoms with Crippen molar-refractivity contribution in [1.29, 1.82) is 0 Å². The summed E-state index contributed by atoms with van der Waals surface area (Å²) in [4.78, 5) is 19.0. The normalized spacial score (nSPS) is 11.2. The summed E-state index contributed by atoms with van der Waals surface area (Å²) in [6.45, 7) is 0.0797. The van der Waals surface area contributed by atoms with Gasteiger partial charge in [0, 0.05) is 6.20 Å². The van der Waals surface area contributed by atoms with E-state index in [9.17, 15) is 18.0 Å². The predicted octanol–water partition coefficient (Wildman–Crippen LogP) is 1.61. The molecule has 0 unspecified atom stereocenters. The number of carbonyl (C=O) groups excluding carboxylic acids is 1. The fourth-order valence-electron chi connectivity index (χ4n) is 0.955. The van der Waals surface area contributed by atoms with Crippen LogP contribution < -0.4 is 5.48 Å². The average molecular weight is 234 g/mol. The molecule has 0 radical (unpaired) electrons. The molecule has 0 aromatic carbocycles. The molecule has 88 valence electrons. The van der Waals surface area contributed by atoms with Crippen LogP contribution in [0.15, 0.2) is 18.3 Å². The molecular formula is C9H9F3N2O2. The third kappa shape index (κ3) is 3.85. The van der Waals surface area contributed by atoms with Crippen molar-refractivity contribution in [2.45, 2.75) is 13.1 Å². The van der Waals surface area contributed by atoms with Gasteiger partial charge in [0.1, 0.15) is 5.69 Å². The Morgan fingerprint density at radius 1 is 1.56 bits per heavy atom. The van der Waals surface area contributed by atoms with Crippen molar-refractivity contribution in [3.63, 3.8) is 0 Å². The number of hydroxylamine groups is 1. The minimum atomic E-state index is -4.48. The first-order valence-electron chi connectivity index (χ1n) is 4.30. The summed E-state index contributed by atoms with van der Waals surface area (Å²) >= 11 is 0. The monoisotopic (exact) mass is 234 g/mol. The number of carbonyl (C=O) groups is 1. The fraction of sp³-hybridized carbons (Fsp3) is 0.333.